The van der Waals surface area contributed by atoms with Crippen LogP contribution < -0.4 is 5.73 Å². The molecule has 0 spiro atoms. The van der Waals surface area contributed by atoms with Gasteiger partial charge in [0.05, 0.1) is 41.6 Å². The van der Waals surface area contributed by atoms with E-state index in [1.165, 1.54) is 19.1 Å². The third-order valence-corrected chi connectivity index (χ3v) is 9.73. The molecule has 2 fully saturated rings. The summed E-state index contributed by atoms with van der Waals surface area (Å²) in [6.45, 7) is 4.55. The highest BCUT2D eigenvalue weighted by Crippen LogP contribution is 2.53. The van der Waals surface area contributed by atoms with Crippen molar-refractivity contribution in [2.24, 2.45) is 5.73 Å². The normalized spacial score (nSPS) is 36.8. The number of ether oxygens (including phenoxy) is 3. The van der Waals surface area contributed by atoms with E-state index in [0.717, 1.165) is 0 Å². The molecule has 2 aliphatic carbocycles. The molecule has 0 bridgehead atoms. The van der Waals surface area contributed by atoms with E-state index >= 15 is 0 Å². The van der Waals surface area contributed by atoms with Gasteiger partial charge >= 0.3 is 0 Å². The number of carbonyl (C=O) groups is 3. The SMILES string of the molecule is CC(=O)[C@@]1(O)Cc2c(O)c3c(c(O)c2[C@@H]([C@H]2C[C@@H](O)[C@@H](O[C@H]4C[C@H](N)[C@H](O)[C@H](C)O4)[C@H](C)O2)C1)C(=O)c1ccccc1C3=O. The highest BCUT2D eigenvalue weighted by molar-refractivity contribution is 6.30. The van der Waals surface area contributed by atoms with Crippen LogP contribution in [0.15, 0.2) is 24.3 Å². The fraction of sp³-hybridized carbons (Fsp3) is 0.531. The second kappa shape index (κ2) is 11.0. The minimum atomic E-state index is -1.98. The number of Topliss-reactive ketones (excluding diaryl/α,β-unsaturated/α-hetero) is 1. The summed E-state index contributed by atoms with van der Waals surface area (Å²) in [5, 5.41) is 56.0. The van der Waals surface area contributed by atoms with E-state index in [2.05, 4.69) is 0 Å². The van der Waals surface area contributed by atoms with Crippen molar-refractivity contribution in [1.29, 1.82) is 0 Å². The van der Waals surface area contributed by atoms with Gasteiger partial charge in [-0.3, -0.25) is 14.4 Å². The Balaban J connectivity index is 1.37. The lowest BCUT2D eigenvalue weighted by Crippen LogP contribution is -2.56. The van der Waals surface area contributed by atoms with E-state index in [0.29, 0.717) is 0 Å². The number of rotatable bonds is 4. The van der Waals surface area contributed by atoms with Crippen LogP contribution in [0.25, 0.3) is 0 Å². The Hall–Kier alpha value is -3.23. The molecule has 6 rings (SSSR count). The Morgan fingerprint density at radius 3 is 2.16 bits per heavy atom. The standard InChI is InChI=1S/C32H37NO11/c1-12-26(36)19(33)8-22(43-12)44-31-13(2)42-21(9-20(31)35)17-10-32(41,14(3)34)11-18-23(17)30(40)25-24(29(18)39)27(37)15-6-4-5-7-16(15)28(25)38/h4-7,12-13,17,19-22,26,31,35-36,39-41H,8-11,33H2,1-3H3/t12-,13-,17+,19-,20+,21+,22-,26+,31-,32-/m0/s1. The van der Waals surface area contributed by atoms with E-state index in [9.17, 15) is 39.9 Å². The minimum absolute atomic E-state index is 0.0306. The quantitative estimate of drug-likeness (QED) is 0.228. The van der Waals surface area contributed by atoms with Gasteiger partial charge in [-0.15, -0.1) is 0 Å². The fourth-order valence-corrected chi connectivity index (χ4v) is 7.28. The lowest BCUT2D eigenvalue weighted by atomic mass is 9.66. The number of fused-ring (bicyclic) bond motifs is 3. The lowest BCUT2D eigenvalue weighted by molar-refractivity contribution is -0.282. The van der Waals surface area contributed by atoms with Crippen molar-refractivity contribution in [3.63, 3.8) is 0 Å². The number of hydrogen-bond donors (Lipinski definition) is 6. The summed E-state index contributed by atoms with van der Waals surface area (Å²) in [5.41, 5.74) is 3.51. The number of nitrogens with two attached hydrogens (primary N) is 1. The molecule has 4 aliphatic rings. The number of phenols is 2. The number of aromatic hydroxyl groups is 2. The van der Waals surface area contributed by atoms with Gasteiger partial charge in [-0.05, 0) is 27.2 Å². The largest absolute Gasteiger partial charge is 0.507 e. The van der Waals surface area contributed by atoms with Gasteiger partial charge < -0.3 is 45.5 Å². The Kier molecular flexibility index (Phi) is 7.68. The summed E-state index contributed by atoms with van der Waals surface area (Å²) in [7, 11) is 0. The van der Waals surface area contributed by atoms with Crippen molar-refractivity contribution in [3.05, 3.63) is 57.6 Å². The first-order chi connectivity index (χ1) is 20.7. The lowest BCUT2D eigenvalue weighted by Gasteiger charge is -2.47. The van der Waals surface area contributed by atoms with Crippen molar-refractivity contribution in [2.45, 2.75) is 107 Å². The van der Waals surface area contributed by atoms with Crippen LogP contribution in [-0.2, 0) is 25.4 Å². The average molecular weight is 612 g/mol. The summed E-state index contributed by atoms with van der Waals surface area (Å²) < 4.78 is 18.1. The van der Waals surface area contributed by atoms with E-state index in [4.69, 9.17) is 19.9 Å². The Labute approximate surface area is 253 Å². The molecular formula is C32H37NO11. The molecular weight excluding hydrogens is 574 g/mol. The molecule has 0 unspecified atom stereocenters. The van der Waals surface area contributed by atoms with Crippen LogP contribution in [-0.4, -0.2) is 97.4 Å². The number of aliphatic hydroxyl groups is 3. The molecule has 236 valence electrons. The predicted molar refractivity (Wildman–Crippen MR) is 153 cm³/mol. The molecule has 2 aromatic carbocycles. The number of phenolic OH excluding ortho intramolecular Hbond substituents is 2. The van der Waals surface area contributed by atoms with Gasteiger partial charge in [0.15, 0.2) is 23.6 Å². The topological polar surface area (TPSA) is 206 Å². The number of benzene rings is 2. The second-order valence-corrected chi connectivity index (χ2v) is 12.6. The molecule has 2 saturated heterocycles. The molecule has 0 amide bonds. The van der Waals surface area contributed by atoms with Crippen LogP contribution in [0.4, 0.5) is 0 Å². The highest BCUT2D eigenvalue weighted by atomic mass is 16.7. The van der Waals surface area contributed by atoms with Gasteiger partial charge in [0.2, 0.25) is 0 Å². The van der Waals surface area contributed by atoms with Crippen molar-refractivity contribution >= 4 is 17.3 Å². The van der Waals surface area contributed by atoms with Gasteiger partial charge in [-0.25, -0.2) is 0 Å². The average Bonchev–Trinajstić information content (AvgIpc) is 2.97. The predicted octanol–water partition coefficient (Wildman–Crippen LogP) is 0.970. The molecule has 2 heterocycles. The van der Waals surface area contributed by atoms with Crippen molar-refractivity contribution in [1.82, 2.24) is 0 Å². The summed E-state index contributed by atoms with van der Waals surface area (Å²) in [5.74, 6) is -3.98. The monoisotopic (exact) mass is 611 g/mol. The van der Waals surface area contributed by atoms with Gasteiger partial charge in [0, 0.05) is 53.5 Å². The zero-order chi connectivity index (χ0) is 31.8. The molecule has 10 atom stereocenters. The summed E-state index contributed by atoms with van der Waals surface area (Å²) in [6.07, 6.45) is -6.36. The number of aliphatic hydroxyl groups excluding tert-OH is 2. The zero-order valence-electron chi connectivity index (χ0n) is 24.6. The fourth-order valence-electron chi connectivity index (χ4n) is 7.28. The third kappa shape index (κ3) is 4.76. The molecule has 0 radical (unpaired) electrons. The molecule has 2 aliphatic heterocycles. The van der Waals surface area contributed by atoms with Crippen LogP contribution in [0.2, 0.25) is 0 Å². The van der Waals surface area contributed by atoms with Crippen molar-refractivity contribution in [2.75, 3.05) is 0 Å². The summed E-state index contributed by atoms with van der Waals surface area (Å²) >= 11 is 0. The van der Waals surface area contributed by atoms with E-state index < -0.39 is 95.7 Å². The first-order valence-corrected chi connectivity index (χ1v) is 14.8. The van der Waals surface area contributed by atoms with Gasteiger partial charge in [0.25, 0.3) is 0 Å². The van der Waals surface area contributed by atoms with Crippen LogP contribution in [0.3, 0.4) is 0 Å². The maximum atomic E-state index is 13.6. The Bertz CT molecular complexity index is 1520. The maximum Gasteiger partial charge on any atom is 0.198 e. The molecule has 0 aromatic heterocycles. The highest BCUT2D eigenvalue weighted by Gasteiger charge is 2.52. The van der Waals surface area contributed by atoms with Crippen LogP contribution in [0.5, 0.6) is 11.5 Å². The first kappa shape index (κ1) is 30.8. The Morgan fingerprint density at radius 1 is 0.977 bits per heavy atom. The molecule has 7 N–H and O–H groups in total. The number of carbonyl (C=O) groups excluding carboxylic acids is 3. The van der Waals surface area contributed by atoms with Gasteiger partial charge in [-0.2, -0.15) is 0 Å². The third-order valence-electron chi connectivity index (χ3n) is 9.73. The molecule has 2 aromatic rings. The second-order valence-electron chi connectivity index (χ2n) is 12.6. The number of hydrogen-bond acceptors (Lipinski definition) is 12. The summed E-state index contributed by atoms with van der Waals surface area (Å²) in [4.78, 5) is 39.8. The van der Waals surface area contributed by atoms with Crippen LogP contribution in [0.1, 0.15) is 88.9 Å². The molecule has 0 saturated carbocycles. The zero-order valence-corrected chi connectivity index (χ0v) is 24.6. The maximum absolute atomic E-state index is 13.6. The smallest absolute Gasteiger partial charge is 0.198 e. The van der Waals surface area contributed by atoms with Crippen molar-refractivity contribution < 1.29 is 54.1 Å². The van der Waals surface area contributed by atoms with Crippen molar-refractivity contribution in [3.8, 4) is 11.5 Å². The Morgan fingerprint density at radius 2 is 1.59 bits per heavy atom. The number of ketones is 3. The minimum Gasteiger partial charge on any atom is -0.507 e. The van der Waals surface area contributed by atoms with Crippen LogP contribution in [0, 0.1) is 0 Å². The van der Waals surface area contributed by atoms with Gasteiger partial charge in [0.1, 0.15) is 23.2 Å². The van der Waals surface area contributed by atoms with E-state index in [1.807, 2.05) is 0 Å². The summed E-state index contributed by atoms with van der Waals surface area (Å²) in [6, 6.07) is 5.51. The first-order valence-electron chi connectivity index (χ1n) is 14.8. The molecule has 44 heavy (non-hydrogen) atoms. The van der Waals surface area contributed by atoms with E-state index in [1.54, 1.807) is 26.0 Å². The van der Waals surface area contributed by atoms with E-state index in [-0.39, 0.29) is 52.6 Å². The van der Waals surface area contributed by atoms with Gasteiger partial charge in [-0.1, -0.05) is 24.3 Å². The van der Waals surface area contributed by atoms with Crippen LogP contribution >= 0.6 is 0 Å². The molecule has 12 heteroatoms. The molecule has 12 nitrogen and oxygen atoms in total.